The van der Waals surface area contributed by atoms with Crippen molar-refractivity contribution in [3.05, 3.63) is 29.3 Å². The van der Waals surface area contributed by atoms with Crippen LogP contribution in [0.5, 0.6) is 0 Å². The molecule has 0 saturated carbocycles. The van der Waals surface area contributed by atoms with Gasteiger partial charge in [-0.25, -0.2) is 12.7 Å². The number of piperidine rings is 1. The van der Waals surface area contributed by atoms with Gasteiger partial charge in [0.25, 0.3) is 0 Å². The maximum Gasteiger partial charge on any atom is 0.227 e. The molecule has 1 saturated heterocycles. The zero-order valence-electron chi connectivity index (χ0n) is 16.4. The van der Waals surface area contributed by atoms with Gasteiger partial charge in [-0.1, -0.05) is 45.4 Å². The Morgan fingerprint density at radius 2 is 1.92 bits per heavy atom. The Bertz CT molecular complexity index is 721. The van der Waals surface area contributed by atoms with Crippen molar-refractivity contribution in [1.29, 1.82) is 0 Å². The van der Waals surface area contributed by atoms with Crippen LogP contribution in [-0.2, 0) is 14.8 Å². The highest BCUT2D eigenvalue weighted by Gasteiger charge is 2.31. The summed E-state index contributed by atoms with van der Waals surface area (Å²) in [4.78, 5) is 12.7. The minimum atomic E-state index is -3.18. The van der Waals surface area contributed by atoms with E-state index in [1.165, 1.54) is 0 Å². The molecule has 0 bridgehead atoms. The minimum Gasteiger partial charge on any atom is -0.325 e. The van der Waals surface area contributed by atoms with Gasteiger partial charge in [0, 0.05) is 24.7 Å². The molecule has 1 aliphatic rings. The van der Waals surface area contributed by atoms with Crippen molar-refractivity contribution in [2.24, 2.45) is 5.92 Å². The van der Waals surface area contributed by atoms with Crippen molar-refractivity contribution in [3.8, 4) is 0 Å². The summed E-state index contributed by atoms with van der Waals surface area (Å²) >= 11 is 0. The molecule has 1 aliphatic heterocycles. The fourth-order valence-corrected chi connectivity index (χ4v) is 5.10. The first-order chi connectivity index (χ1) is 12.3. The van der Waals surface area contributed by atoms with E-state index in [0.29, 0.717) is 38.3 Å². The molecule has 146 valence electrons. The smallest absolute Gasteiger partial charge is 0.227 e. The molecule has 2 rings (SSSR count). The molecule has 6 heteroatoms. The average molecular weight is 381 g/mol. The van der Waals surface area contributed by atoms with E-state index in [0.717, 1.165) is 23.2 Å². The zero-order valence-corrected chi connectivity index (χ0v) is 17.2. The highest BCUT2D eigenvalue weighted by atomic mass is 32.2. The van der Waals surface area contributed by atoms with Crippen molar-refractivity contribution in [2.75, 3.05) is 24.2 Å². The topological polar surface area (TPSA) is 66.5 Å². The predicted molar refractivity (Wildman–Crippen MR) is 107 cm³/mol. The van der Waals surface area contributed by atoms with E-state index in [9.17, 15) is 13.2 Å². The summed E-state index contributed by atoms with van der Waals surface area (Å²) in [5, 5.41) is 3.11. The number of nitrogens with one attached hydrogen (secondary N) is 1. The van der Waals surface area contributed by atoms with Gasteiger partial charge in [-0.3, -0.25) is 4.79 Å². The summed E-state index contributed by atoms with van der Waals surface area (Å²) in [6.45, 7) is 9.10. The van der Waals surface area contributed by atoms with Crippen LogP contribution in [0.15, 0.2) is 18.2 Å². The van der Waals surface area contributed by atoms with Crippen LogP contribution in [-0.4, -0.2) is 37.5 Å². The molecule has 0 aliphatic carbocycles. The molecule has 1 aromatic carbocycles. The first-order valence-electron chi connectivity index (χ1n) is 9.64. The van der Waals surface area contributed by atoms with Crippen LogP contribution in [0.4, 0.5) is 5.69 Å². The summed E-state index contributed by atoms with van der Waals surface area (Å²) in [5.74, 6) is 0.413. The number of carbonyl (C=O) groups excluding carboxylic acids is 1. The highest BCUT2D eigenvalue weighted by molar-refractivity contribution is 7.89. The Kier molecular flexibility index (Phi) is 7.24. The Hall–Kier alpha value is -1.40. The Morgan fingerprint density at radius 3 is 2.50 bits per heavy atom. The van der Waals surface area contributed by atoms with Crippen LogP contribution in [0.3, 0.4) is 0 Å². The van der Waals surface area contributed by atoms with Gasteiger partial charge in [-0.05, 0) is 43.2 Å². The summed E-state index contributed by atoms with van der Waals surface area (Å²) < 4.78 is 26.2. The number of anilines is 1. The summed E-state index contributed by atoms with van der Waals surface area (Å²) in [7, 11) is -3.18. The summed E-state index contributed by atoms with van der Waals surface area (Å²) in [6, 6.07) is 6.07. The predicted octanol–water partition coefficient (Wildman–Crippen LogP) is 3.90. The number of aryl methyl sites for hydroxylation is 1. The first-order valence-corrected chi connectivity index (χ1v) is 11.2. The van der Waals surface area contributed by atoms with Crippen LogP contribution in [0, 0.1) is 12.8 Å². The largest absolute Gasteiger partial charge is 0.325 e. The van der Waals surface area contributed by atoms with Crippen molar-refractivity contribution in [2.45, 2.75) is 59.3 Å². The monoisotopic (exact) mass is 380 g/mol. The lowest BCUT2D eigenvalue weighted by molar-refractivity contribution is -0.120. The van der Waals surface area contributed by atoms with Crippen LogP contribution in [0.2, 0.25) is 0 Å². The Labute approximate surface area is 158 Å². The Morgan fingerprint density at radius 1 is 1.27 bits per heavy atom. The molecule has 1 fully saturated rings. The maximum absolute atomic E-state index is 12.7. The van der Waals surface area contributed by atoms with Crippen LogP contribution >= 0.6 is 0 Å². The number of benzene rings is 1. The maximum atomic E-state index is 12.7. The number of hydrogen-bond acceptors (Lipinski definition) is 3. The molecular formula is C20H32N2O3S. The molecule has 5 nitrogen and oxygen atoms in total. The normalized spacial score (nSPS) is 16.8. The fraction of sp³-hybridized carbons (Fsp3) is 0.650. The molecule has 1 amide bonds. The van der Waals surface area contributed by atoms with E-state index in [2.05, 4.69) is 25.2 Å². The third kappa shape index (κ3) is 5.07. The number of nitrogens with zero attached hydrogens (tertiary/aromatic N) is 1. The van der Waals surface area contributed by atoms with E-state index < -0.39 is 10.0 Å². The lowest BCUT2D eigenvalue weighted by Crippen LogP contribution is -2.42. The first kappa shape index (κ1) is 20.9. The molecule has 1 aromatic rings. The minimum absolute atomic E-state index is 0.00630. The molecule has 0 spiro atoms. The molecular weight excluding hydrogens is 348 g/mol. The second kappa shape index (κ2) is 9.00. The van der Waals surface area contributed by atoms with Crippen molar-refractivity contribution < 1.29 is 13.2 Å². The lowest BCUT2D eigenvalue weighted by atomic mass is 9.95. The van der Waals surface area contributed by atoms with E-state index in [1.54, 1.807) is 4.31 Å². The van der Waals surface area contributed by atoms with Crippen molar-refractivity contribution in [1.82, 2.24) is 4.31 Å². The second-order valence-electron chi connectivity index (χ2n) is 7.53. The van der Waals surface area contributed by atoms with Crippen LogP contribution in [0.1, 0.15) is 63.5 Å². The lowest BCUT2D eigenvalue weighted by Gasteiger charge is -2.31. The van der Waals surface area contributed by atoms with Gasteiger partial charge >= 0.3 is 0 Å². The van der Waals surface area contributed by atoms with Gasteiger partial charge in [0.2, 0.25) is 15.9 Å². The van der Waals surface area contributed by atoms with E-state index >= 15 is 0 Å². The number of unbranched alkanes of at least 4 members (excludes halogenated alkanes) is 1. The fourth-order valence-electron chi connectivity index (χ4n) is 3.42. The standard InChI is InChI=1S/C20H32N2O3S/c1-5-6-14-26(24,25)22-12-10-17(11-13-22)20(23)21-19-16(4)8-7-9-18(19)15(2)3/h7-9,15,17H,5-6,10-14H2,1-4H3,(H,21,23). The molecule has 0 aromatic heterocycles. The highest BCUT2D eigenvalue weighted by Crippen LogP contribution is 2.29. The van der Waals surface area contributed by atoms with E-state index in [1.807, 2.05) is 26.0 Å². The third-order valence-corrected chi connectivity index (χ3v) is 7.11. The van der Waals surface area contributed by atoms with Crippen LogP contribution in [0.25, 0.3) is 0 Å². The number of amides is 1. The SMILES string of the molecule is CCCCS(=O)(=O)N1CCC(C(=O)Nc2c(C)cccc2C(C)C)CC1. The number of para-hydroxylation sites is 1. The third-order valence-electron chi connectivity index (χ3n) is 5.15. The quantitative estimate of drug-likeness (QED) is 0.780. The zero-order chi connectivity index (χ0) is 19.3. The number of carbonyl (C=O) groups is 1. The summed E-state index contributed by atoms with van der Waals surface area (Å²) in [6.07, 6.45) is 2.72. The van der Waals surface area contributed by atoms with E-state index in [-0.39, 0.29) is 17.6 Å². The Balaban J connectivity index is 2.00. The van der Waals surface area contributed by atoms with E-state index in [4.69, 9.17) is 0 Å². The van der Waals surface area contributed by atoms with Gasteiger partial charge in [-0.2, -0.15) is 0 Å². The van der Waals surface area contributed by atoms with Gasteiger partial charge in [-0.15, -0.1) is 0 Å². The second-order valence-corrected chi connectivity index (χ2v) is 9.61. The molecule has 1 heterocycles. The van der Waals surface area contributed by atoms with Gasteiger partial charge in [0.1, 0.15) is 0 Å². The molecule has 0 atom stereocenters. The van der Waals surface area contributed by atoms with Crippen molar-refractivity contribution >= 4 is 21.6 Å². The van der Waals surface area contributed by atoms with Gasteiger partial charge in [0.05, 0.1) is 5.75 Å². The van der Waals surface area contributed by atoms with Gasteiger partial charge < -0.3 is 5.32 Å². The molecule has 26 heavy (non-hydrogen) atoms. The average Bonchev–Trinajstić information content (AvgIpc) is 2.61. The number of hydrogen-bond donors (Lipinski definition) is 1. The molecule has 0 radical (unpaired) electrons. The van der Waals surface area contributed by atoms with Gasteiger partial charge in [0.15, 0.2) is 0 Å². The molecule has 0 unspecified atom stereocenters. The van der Waals surface area contributed by atoms with Crippen molar-refractivity contribution in [3.63, 3.8) is 0 Å². The van der Waals surface area contributed by atoms with Crippen LogP contribution < -0.4 is 5.32 Å². The molecule has 1 N–H and O–H groups in total. The number of rotatable bonds is 7. The summed E-state index contributed by atoms with van der Waals surface area (Å²) in [5.41, 5.74) is 3.10. The number of sulfonamides is 1.